The molecule has 0 aliphatic carbocycles. The van der Waals surface area contributed by atoms with E-state index in [-0.39, 0.29) is 0 Å². The van der Waals surface area contributed by atoms with E-state index in [0.717, 1.165) is 8.19 Å². The summed E-state index contributed by atoms with van der Waals surface area (Å²) in [4.78, 5) is 0. The smallest absolute Gasteiger partial charge is 0.00535 e. The molecule has 0 amide bonds. The highest BCUT2D eigenvalue weighted by atomic mass is 31.0. The molecule has 0 aromatic carbocycles. The predicted octanol–water partition coefficient (Wildman–Crippen LogP) is 2.86. The SMILES string of the molecule is CCCCc1[c][pH]cc1. The monoisotopic (exact) mass is 139 g/mol. The first kappa shape index (κ1) is 6.89. The predicted molar refractivity (Wildman–Crippen MR) is 43.4 cm³/mol. The van der Waals surface area contributed by atoms with Gasteiger partial charge in [0.15, 0.2) is 0 Å². The normalized spacial score (nSPS) is 10.8. The third-order valence-corrected chi connectivity index (χ3v) is 2.20. The van der Waals surface area contributed by atoms with Gasteiger partial charge in [0.05, 0.1) is 0 Å². The Morgan fingerprint density at radius 1 is 1.67 bits per heavy atom. The van der Waals surface area contributed by atoms with Gasteiger partial charge in [-0.1, -0.05) is 19.4 Å². The minimum Gasteiger partial charge on any atom is -0.131 e. The molecule has 0 aliphatic heterocycles. The van der Waals surface area contributed by atoms with Crippen molar-refractivity contribution in [2.45, 2.75) is 26.2 Å². The van der Waals surface area contributed by atoms with Crippen molar-refractivity contribution in [3.8, 4) is 0 Å². The standard InChI is InChI=1S/C8H12P/c1-2-3-4-8-5-6-9-7-8/h5-6,9H,2-4H2,1H3. The molecule has 1 aromatic rings. The first-order valence-electron chi connectivity index (χ1n) is 3.47. The average Bonchev–Trinajstić information content (AvgIpc) is 2.34. The van der Waals surface area contributed by atoms with Crippen LogP contribution in [-0.4, -0.2) is 0 Å². The molecule has 1 atom stereocenters. The lowest BCUT2D eigenvalue weighted by Crippen LogP contribution is -1.78. The maximum atomic E-state index is 3.32. The molecule has 0 bridgehead atoms. The van der Waals surface area contributed by atoms with Crippen LogP contribution >= 0.6 is 8.19 Å². The van der Waals surface area contributed by atoms with Crippen LogP contribution in [0.3, 0.4) is 0 Å². The first-order chi connectivity index (χ1) is 4.43. The third-order valence-electron chi connectivity index (χ3n) is 1.40. The van der Waals surface area contributed by atoms with Crippen LogP contribution in [-0.2, 0) is 6.42 Å². The number of unbranched alkanes of at least 4 members (excludes halogenated alkanes) is 1. The second kappa shape index (κ2) is 3.74. The highest BCUT2D eigenvalue weighted by Crippen LogP contribution is 2.11. The Kier molecular flexibility index (Phi) is 2.86. The van der Waals surface area contributed by atoms with Crippen LogP contribution in [0.15, 0.2) is 11.9 Å². The van der Waals surface area contributed by atoms with E-state index in [1.807, 2.05) is 0 Å². The molecule has 1 radical (unpaired) electrons. The lowest BCUT2D eigenvalue weighted by Gasteiger charge is -1.90. The summed E-state index contributed by atoms with van der Waals surface area (Å²) in [5, 5.41) is 0. The van der Waals surface area contributed by atoms with Crippen LogP contribution in [0.5, 0.6) is 0 Å². The second-order valence-corrected chi connectivity index (χ2v) is 3.10. The summed E-state index contributed by atoms with van der Waals surface area (Å²) in [7, 11) is 0.833. The van der Waals surface area contributed by atoms with Crippen LogP contribution < -0.4 is 0 Å². The maximum Gasteiger partial charge on any atom is 0.00535 e. The minimum absolute atomic E-state index is 0.833. The molecule has 0 nitrogen and oxygen atoms in total. The van der Waals surface area contributed by atoms with Gasteiger partial charge in [-0.2, -0.15) is 0 Å². The Morgan fingerprint density at radius 3 is 3.11 bits per heavy atom. The van der Waals surface area contributed by atoms with Crippen molar-refractivity contribution < 1.29 is 0 Å². The van der Waals surface area contributed by atoms with Crippen LogP contribution in [0, 0.1) is 5.80 Å². The van der Waals surface area contributed by atoms with Crippen molar-refractivity contribution in [2.24, 2.45) is 0 Å². The molecule has 0 saturated carbocycles. The van der Waals surface area contributed by atoms with E-state index in [9.17, 15) is 0 Å². The van der Waals surface area contributed by atoms with Gasteiger partial charge < -0.3 is 0 Å². The molecule has 49 valence electrons. The Labute approximate surface area is 58.4 Å². The van der Waals surface area contributed by atoms with E-state index < -0.39 is 0 Å². The Bertz CT molecular complexity index is 142. The number of rotatable bonds is 3. The van der Waals surface area contributed by atoms with Crippen LogP contribution in [0.1, 0.15) is 25.3 Å². The second-order valence-electron chi connectivity index (χ2n) is 2.23. The van der Waals surface area contributed by atoms with Gasteiger partial charge in [0.25, 0.3) is 0 Å². The van der Waals surface area contributed by atoms with Crippen LogP contribution in [0.25, 0.3) is 0 Å². The zero-order chi connectivity index (χ0) is 6.53. The molecule has 0 N–H and O–H groups in total. The van der Waals surface area contributed by atoms with Crippen LogP contribution in [0.4, 0.5) is 0 Å². The van der Waals surface area contributed by atoms with Gasteiger partial charge in [0.2, 0.25) is 0 Å². The summed E-state index contributed by atoms with van der Waals surface area (Å²) in [5.74, 6) is 5.52. The van der Waals surface area contributed by atoms with Crippen molar-refractivity contribution >= 4 is 8.19 Å². The fourth-order valence-corrected chi connectivity index (χ4v) is 1.59. The molecule has 0 fully saturated rings. The molecular formula is C8H12P. The molecule has 0 saturated heterocycles. The summed E-state index contributed by atoms with van der Waals surface area (Å²) in [5.41, 5.74) is 1.43. The summed E-state index contributed by atoms with van der Waals surface area (Å²) in [6, 6.07) is 2.20. The van der Waals surface area contributed by atoms with Gasteiger partial charge in [-0.15, -0.1) is 8.19 Å². The van der Waals surface area contributed by atoms with Gasteiger partial charge >= 0.3 is 0 Å². The van der Waals surface area contributed by atoms with Crippen LogP contribution in [0.2, 0.25) is 0 Å². The summed E-state index contributed by atoms with van der Waals surface area (Å²) in [6.07, 6.45) is 3.85. The number of hydrogen-bond donors (Lipinski definition) is 0. The number of aryl methyl sites for hydroxylation is 1. The fraction of sp³-hybridized carbons (Fsp3) is 0.500. The molecule has 1 unspecified atom stereocenters. The molecule has 0 spiro atoms. The lowest BCUT2D eigenvalue weighted by molar-refractivity contribution is 0.796. The average molecular weight is 139 g/mol. The van der Waals surface area contributed by atoms with E-state index in [1.165, 1.54) is 24.8 Å². The molecule has 1 rings (SSSR count). The molecule has 1 heteroatoms. The molecule has 9 heavy (non-hydrogen) atoms. The fourth-order valence-electron chi connectivity index (χ4n) is 0.831. The quantitative estimate of drug-likeness (QED) is 0.604. The minimum atomic E-state index is 0.833. The van der Waals surface area contributed by atoms with Gasteiger partial charge in [0, 0.05) is 5.80 Å². The van der Waals surface area contributed by atoms with E-state index in [0.29, 0.717) is 0 Å². The Hall–Kier alpha value is -0.220. The maximum absolute atomic E-state index is 3.32. The summed E-state index contributed by atoms with van der Waals surface area (Å²) < 4.78 is 0. The first-order valence-corrected chi connectivity index (χ1v) is 4.55. The molecular weight excluding hydrogens is 127 g/mol. The van der Waals surface area contributed by atoms with Gasteiger partial charge in [-0.25, -0.2) is 0 Å². The lowest BCUT2D eigenvalue weighted by atomic mass is 10.2. The highest BCUT2D eigenvalue weighted by Gasteiger charge is 1.89. The van der Waals surface area contributed by atoms with E-state index in [2.05, 4.69) is 24.6 Å². The Balaban J connectivity index is 2.30. The van der Waals surface area contributed by atoms with Gasteiger partial charge in [-0.05, 0) is 24.2 Å². The molecule has 0 aliphatic rings. The molecule has 1 aromatic heterocycles. The van der Waals surface area contributed by atoms with Crippen molar-refractivity contribution in [1.29, 1.82) is 0 Å². The van der Waals surface area contributed by atoms with E-state index in [4.69, 9.17) is 0 Å². The third kappa shape index (κ3) is 2.24. The van der Waals surface area contributed by atoms with Gasteiger partial charge in [0.1, 0.15) is 0 Å². The van der Waals surface area contributed by atoms with E-state index in [1.54, 1.807) is 0 Å². The zero-order valence-corrected chi connectivity index (χ0v) is 6.78. The van der Waals surface area contributed by atoms with Gasteiger partial charge in [-0.3, -0.25) is 0 Å². The van der Waals surface area contributed by atoms with Crippen molar-refractivity contribution in [2.75, 3.05) is 0 Å². The largest absolute Gasteiger partial charge is 0.131 e. The van der Waals surface area contributed by atoms with Crippen molar-refractivity contribution in [3.63, 3.8) is 0 Å². The van der Waals surface area contributed by atoms with E-state index >= 15 is 0 Å². The van der Waals surface area contributed by atoms with Crippen molar-refractivity contribution in [3.05, 3.63) is 23.2 Å². The summed E-state index contributed by atoms with van der Waals surface area (Å²) >= 11 is 0. The highest BCUT2D eigenvalue weighted by molar-refractivity contribution is 7.28. The Morgan fingerprint density at radius 2 is 2.56 bits per heavy atom. The number of hydrogen-bond acceptors (Lipinski definition) is 0. The summed E-state index contributed by atoms with van der Waals surface area (Å²) in [6.45, 7) is 2.22. The van der Waals surface area contributed by atoms with Crippen molar-refractivity contribution in [1.82, 2.24) is 0 Å². The molecule has 1 heterocycles. The topological polar surface area (TPSA) is 0 Å². The zero-order valence-electron chi connectivity index (χ0n) is 5.78.